The molecule has 1 amide bonds. The average Bonchev–Trinajstić information content (AvgIpc) is 2.83. The summed E-state index contributed by atoms with van der Waals surface area (Å²) in [4.78, 5) is 18.1. The summed E-state index contributed by atoms with van der Waals surface area (Å²) in [6.45, 7) is 4.88. The van der Waals surface area contributed by atoms with Crippen LogP contribution in [0.2, 0.25) is 0 Å². The van der Waals surface area contributed by atoms with Crippen molar-refractivity contribution in [3.8, 4) is 0 Å². The number of aryl methyl sites for hydroxylation is 1. The van der Waals surface area contributed by atoms with Crippen molar-refractivity contribution >= 4 is 26.8 Å². The number of hydrogen-bond acceptors (Lipinski definition) is 5. The number of hydrogen-bond donors (Lipinski definition) is 1. The van der Waals surface area contributed by atoms with Gasteiger partial charge in [0, 0.05) is 37.3 Å². The third-order valence-corrected chi connectivity index (χ3v) is 6.89. The van der Waals surface area contributed by atoms with Crippen molar-refractivity contribution in [2.75, 3.05) is 26.2 Å². The van der Waals surface area contributed by atoms with E-state index >= 15 is 0 Å². The van der Waals surface area contributed by atoms with Crippen LogP contribution >= 0.6 is 0 Å². The van der Waals surface area contributed by atoms with E-state index in [0.717, 1.165) is 5.56 Å². The van der Waals surface area contributed by atoms with Crippen LogP contribution in [-0.4, -0.2) is 60.7 Å². The number of aromatic nitrogens is 1. The Bertz CT molecular complexity index is 924. The monoisotopic (exact) mass is 376 g/mol. The van der Waals surface area contributed by atoms with E-state index in [4.69, 9.17) is 5.73 Å². The fourth-order valence-electron chi connectivity index (χ4n) is 3.53. The second-order valence-corrected chi connectivity index (χ2v) is 8.50. The van der Waals surface area contributed by atoms with Crippen LogP contribution in [0.25, 0.3) is 10.9 Å². The molecule has 0 spiro atoms. The molecule has 7 nitrogen and oxygen atoms in total. The molecule has 0 aliphatic carbocycles. The first-order valence-corrected chi connectivity index (χ1v) is 10.1. The van der Waals surface area contributed by atoms with Gasteiger partial charge in [0.25, 0.3) is 0 Å². The van der Waals surface area contributed by atoms with E-state index in [1.807, 2.05) is 26.0 Å². The maximum absolute atomic E-state index is 13.4. The summed E-state index contributed by atoms with van der Waals surface area (Å²) in [5, 5.41) is 0.654. The molecule has 1 fully saturated rings. The minimum Gasteiger partial charge on any atom is -0.340 e. The lowest BCUT2D eigenvalue weighted by molar-refractivity contribution is -0.129. The number of carbonyl (C=O) groups excluding carboxylic acids is 1. The summed E-state index contributed by atoms with van der Waals surface area (Å²) < 4.78 is 28.4. The molecule has 1 aliphatic rings. The van der Waals surface area contributed by atoms with Crippen molar-refractivity contribution in [1.29, 1.82) is 0 Å². The van der Waals surface area contributed by atoms with Gasteiger partial charge in [0.15, 0.2) is 0 Å². The molecule has 0 saturated carbocycles. The number of pyridine rings is 1. The zero-order chi connectivity index (χ0) is 18.9. The molecule has 0 radical (unpaired) electrons. The van der Waals surface area contributed by atoms with Crippen molar-refractivity contribution in [1.82, 2.24) is 14.2 Å². The van der Waals surface area contributed by atoms with Crippen LogP contribution in [0.5, 0.6) is 0 Å². The molecule has 2 N–H and O–H groups in total. The summed E-state index contributed by atoms with van der Waals surface area (Å²) in [6, 6.07) is 6.65. The maximum atomic E-state index is 13.4. The fraction of sp³-hybridized carbons (Fsp3) is 0.444. The highest BCUT2D eigenvalue weighted by molar-refractivity contribution is 7.89. The lowest BCUT2D eigenvalue weighted by Crippen LogP contribution is -2.45. The van der Waals surface area contributed by atoms with Crippen molar-refractivity contribution in [3.05, 3.63) is 36.0 Å². The molecule has 1 aliphatic heterocycles. The van der Waals surface area contributed by atoms with E-state index in [1.165, 1.54) is 4.31 Å². The first kappa shape index (κ1) is 18.8. The zero-order valence-electron chi connectivity index (χ0n) is 15.1. The Labute approximate surface area is 153 Å². The molecule has 1 atom stereocenters. The van der Waals surface area contributed by atoms with Crippen LogP contribution in [0.4, 0.5) is 0 Å². The zero-order valence-corrected chi connectivity index (χ0v) is 15.9. The van der Waals surface area contributed by atoms with Gasteiger partial charge in [-0.2, -0.15) is 4.31 Å². The van der Waals surface area contributed by atoms with Crippen LogP contribution < -0.4 is 5.73 Å². The van der Waals surface area contributed by atoms with Gasteiger partial charge in [-0.1, -0.05) is 6.07 Å². The molecule has 0 unspecified atom stereocenters. The molecule has 8 heteroatoms. The van der Waals surface area contributed by atoms with Gasteiger partial charge in [-0.25, -0.2) is 8.42 Å². The van der Waals surface area contributed by atoms with Crippen LogP contribution in [-0.2, 0) is 14.8 Å². The van der Waals surface area contributed by atoms with E-state index < -0.39 is 10.0 Å². The Morgan fingerprint density at radius 2 is 2.08 bits per heavy atom. The molecule has 0 bridgehead atoms. The minimum absolute atomic E-state index is 0.0618. The van der Waals surface area contributed by atoms with Gasteiger partial charge in [0.2, 0.25) is 15.9 Å². The standard InChI is InChI=1S/C18H24N4O3S/c1-13-7-8-20-15-5-3-6-16(18(13)15)26(24,25)22-10-4-9-21(12-14(22)2)17(23)11-19/h3,5-8,14H,4,9-12,19H2,1-2H3/t14-/m0/s1. The number of sulfonamides is 1. The van der Waals surface area contributed by atoms with Crippen LogP contribution in [0.15, 0.2) is 35.4 Å². The Balaban J connectivity index is 2.02. The second-order valence-electron chi connectivity index (χ2n) is 6.64. The predicted molar refractivity (Wildman–Crippen MR) is 100 cm³/mol. The average molecular weight is 376 g/mol. The van der Waals surface area contributed by atoms with Gasteiger partial charge in [0.1, 0.15) is 0 Å². The molecular weight excluding hydrogens is 352 g/mol. The smallest absolute Gasteiger partial charge is 0.244 e. The highest BCUT2D eigenvalue weighted by Crippen LogP contribution is 2.29. The number of carbonyl (C=O) groups is 1. The van der Waals surface area contributed by atoms with Crippen LogP contribution in [0, 0.1) is 6.92 Å². The molecule has 26 heavy (non-hydrogen) atoms. The number of benzene rings is 1. The molecule has 2 heterocycles. The quantitative estimate of drug-likeness (QED) is 0.866. The van der Waals surface area contributed by atoms with E-state index in [1.54, 1.807) is 23.2 Å². The number of rotatable bonds is 3. The minimum atomic E-state index is -3.72. The van der Waals surface area contributed by atoms with Crippen molar-refractivity contribution in [2.24, 2.45) is 5.73 Å². The van der Waals surface area contributed by atoms with Crippen LogP contribution in [0.3, 0.4) is 0 Å². The lowest BCUT2D eigenvalue weighted by Gasteiger charge is -2.28. The lowest BCUT2D eigenvalue weighted by atomic mass is 10.1. The molecule has 140 valence electrons. The summed E-state index contributed by atoms with van der Waals surface area (Å²) in [7, 11) is -3.72. The number of nitrogens with two attached hydrogens (primary N) is 1. The fourth-order valence-corrected chi connectivity index (χ4v) is 5.47. The first-order chi connectivity index (χ1) is 12.4. The molecular formula is C18H24N4O3S. The van der Waals surface area contributed by atoms with Crippen molar-refractivity contribution < 1.29 is 13.2 Å². The van der Waals surface area contributed by atoms with E-state index in [-0.39, 0.29) is 23.4 Å². The summed E-state index contributed by atoms with van der Waals surface area (Å²) in [5.74, 6) is -0.152. The van der Waals surface area contributed by atoms with Gasteiger partial charge in [0.05, 0.1) is 17.0 Å². The number of amides is 1. The normalized spacial score (nSPS) is 19.5. The molecule has 1 aromatic carbocycles. The van der Waals surface area contributed by atoms with Gasteiger partial charge in [-0.15, -0.1) is 0 Å². The second kappa shape index (κ2) is 7.30. The molecule has 3 rings (SSSR count). The number of nitrogens with zero attached hydrogens (tertiary/aromatic N) is 3. The van der Waals surface area contributed by atoms with Crippen molar-refractivity contribution in [2.45, 2.75) is 31.2 Å². The van der Waals surface area contributed by atoms with E-state index in [0.29, 0.717) is 37.0 Å². The summed E-state index contributed by atoms with van der Waals surface area (Å²) in [5.41, 5.74) is 6.99. The molecule has 1 saturated heterocycles. The van der Waals surface area contributed by atoms with E-state index in [9.17, 15) is 13.2 Å². The van der Waals surface area contributed by atoms with Gasteiger partial charge in [-0.05, 0) is 44.0 Å². The number of fused-ring (bicyclic) bond motifs is 1. The van der Waals surface area contributed by atoms with E-state index in [2.05, 4.69) is 4.98 Å². The Kier molecular flexibility index (Phi) is 5.27. The predicted octanol–water partition coefficient (Wildman–Crippen LogP) is 1.11. The summed E-state index contributed by atoms with van der Waals surface area (Å²) in [6.07, 6.45) is 2.26. The third kappa shape index (κ3) is 3.32. The topological polar surface area (TPSA) is 96.6 Å². The molecule has 2 aromatic rings. The first-order valence-electron chi connectivity index (χ1n) is 8.70. The Hall–Kier alpha value is -2.03. The van der Waals surface area contributed by atoms with Gasteiger partial charge >= 0.3 is 0 Å². The third-order valence-electron chi connectivity index (χ3n) is 4.83. The van der Waals surface area contributed by atoms with Crippen LogP contribution in [0.1, 0.15) is 18.9 Å². The highest BCUT2D eigenvalue weighted by atomic mass is 32.2. The maximum Gasteiger partial charge on any atom is 0.244 e. The highest BCUT2D eigenvalue weighted by Gasteiger charge is 2.34. The Morgan fingerprint density at radius 1 is 1.31 bits per heavy atom. The Morgan fingerprint density at radius 3 is 2.81 bits per heavy atom. The summed E-state index contributed by atoms with van der Waals surface area (Å²) >= 11 is 0. The SMILES string of the molecule is Cc1ccnc2cccc(S(=O)(=O)N3CCCN(C(=O)CN)C[C@@H]3C)c12. The molecule has 1 aromatic heterocycles. The van der Waals surface area contributed by atoms with Gasteiger partial charge in [-0.3, -0.25) is 9.78 Å². The largest absolute Gasteiger partial charge is 0.340 e. The van der Waals surface area contributed by atoms with Gasteiger partial charge < -0.3 is 10.6 Å². The van der Waals surface area contributed by atoms with Crippen molar-refractivity contribution in [3.63, 3.8) is 0 Å².